The molecule has 0 aromatic heterocycles. The van der Waals surface area contributed by atoms with E-state index >= 15 is 4.79 Å². The first-order chi connectivity index (χ1) is 27.3. The first-order valence-corrected chi connectivity index (χ1v) is 24.1. The van der Waals surface area contributed by atoms with Crippen LogP contribution in [0.4, 0.5) is 0 Å². The summed E-state index contributed by atoms with van der Waals surface area (Å²) >= 11 is 0. The van der Waals surface area contributed by atoms with Crippen molar-refractivity contribution < 1.29 is 29.0 Å². The average molecular weight is 806 g/mol. The number of carboxylic acid groups (broad SMARTS) is 1. The van der Waals surface area contributed by atoms with Crippen molar-refractivity contribution >= 4 is 17.8 Å². The predicted molar refractivity (Wildman–Crippen MR) is 225 cm³/mol. The number of hydrogen-bond donors (Lipinski definition) is 1. The Labute approximate surface area is 350 Å². The first kappa shape index (κ1) is 41.6. The zero-order valence-electron chi connectivity index (χ0n) is 37.7. The lowest BCUT2D eigenvalue weighted by Gasteiger charge is -2.73. The molecule has 58 heavy (non-hydrogen) atoms. The fourth-order valence-electron chi connectivity index (χ4n) is 17.1. The second kappa shape index (κ2) is 14.2. The summed E-state index contributed by atoms with van der Waals surface area (Å²) in [7, 11) is 0. The van der Waals surface area contributed by atoms with E-state index < -0.39 is 17.3 Å². The molecule has 0 aromatic carbocycles. The van der Waals surface area contributed by atoms with E-state index in [1.54, 1.807) is 0 Å². The summed E-state index contributed by atoms with van der Waals surface area (Å²) in [6, 6.07) is 0. The summed E-state index contributed by atoms with van der Waals surface area (Å²) in [6.45, 7) is 28.9. The number of carbonyl (C=O) groups is 3. The topological polar surface area (TPSA) is 99.6 Å². The number of fused-ring (bicyclic) bond motifs is 7. The minimum Gasteiger partial charge on any atom is -0.481 e. The molecule has 2 aliphatic heterocycles. The van der Waals surface area contributed by atoms with Crippen LogP contribution in [0.15, 0.2) is 0 Å². The molecule has 0 bridgehead atoms. The number of amides is 1. The van der Waals surface area contributed by atoms with Crippen molar-refractivity contribution in [2.45, 2.75) is 145 Å². The summed E-state index contributed by atoms with van der Waals surface area (Å²) in [5, 5.41) is 9.71. The van der Waals surface area contributed by atoms with Gasteiger partial charge in [-0.2, -0.15) is 0 Å². The van der Waals surface area contributed by atoms with Crippen LogP contribution in [0.3, 0.4) is 0 Å². The van der Waals surface area contributed by atoms with Crippen LogP contribution >= 0.6 is 0 Å². The van der Waals surface area contributed by atoms with Gasteiger partial charge in [0, 0.05) is 57.8 Å². The normalized spacial score (nSPS) is 46.7. The van der Waals surface area contributed by atoms with Crippen molar-refractivity contribution in [2.24, 2.45) is 79.3 Å². The molecular formula is C49H79N3O6. The molecule has 9 nitrogen and oxygen atoms in total. The molecule has 0 aromatic rings. The van der Waals surface area contributed by atoms with Crippen molar-refractivity contribution in [2.75, 3.05) is 65.6 Å². The maximum absolute atomic E-state index is 15.3. The second-order valence-electron chi connectivity index (χ2n) is 24.0. The molecule has 9 heteroatoms. The van der Waals surface area contributed by atoms with Gasteiger partial charge in [-0.25, -0.2) is 0 Å². The number of nitrogens with zero attached hydrogens (tertiary/aromatic N) is 3. The Hall–Kier alpha value is -1.71. The van der Waals surface area contributed by atoms with E-state index in [0.29, 0.717) is 47.3 Å². The molecule has 2 heterocycles. The summed E-state index contributed by atoms with van der Waals surface area (Å²) < 4.78 is 12.1. The summed E-state index contributed by atoms with van der Waals surface area (Å²) in [6.07, 6.45) is 14.3. The van der Waals surface area contributed by atoms with Gasteiger partial charge >= 0.3 is 11.9 Å². The Bertz CT molecular complexity index is 1630. The second-order valence-corrected chi connectivity index (χ2v) is 24.0. The number of piperazine rings is 1. The van der Waals surface area contributed by atoms with Gasteiger partial charge in [-0.3, -0.25) is 24.2 Å². The number of carboxylic acids is 1. The van der Waals surface area contributed by atoms with Crippen molar-refractivity contribution in [3.63, 3.8) is 0 Å². The van der Waals surface area contributed by atoms with Gasteiger partial charge in [-0.1, -0.05) is 55.4 Å². The van der Waals surface area contributed by atoms with E-state index in [0.717, 1.165) is 97.7 Å². The Balaban J connectivity index is 0.917. The Morgan fingerprint density at radius 1 is 0.638 bits per heavy atom. The third-order valence-electron chi connectivity index (χ3n) is 21.3. The van der Waals surface area contributed by atoms with Crippen LogP contribution in [0.1, 0.15) is 139 Å². The molecule has 9 rings (SSSR count). The minimum absolute atomic E-state index is 0.138. The van der Waals surface area contributed by atoms with E-state index in [4.69, 9.17) is 9.47 Å². The van der Waals surface area contributed by atoms with Crippen molar-refractivity contribution in [3.05, 3.63) is 0 Å². The lowest BCUT2D eigenvalue weighted by molar-refractivity contribution is -0.253. The predicted octanol–water partition coefficient (Wildman–Crippen LogP) is 8.00. The molecule has 1 unspecified atom stereocenters. The van der Waals surface area contributed by atoms with Gasteiger partial charge in [-0.15, -0.1) is 0 Å². The highest BCUT2D eigenvalue weighted by Crippen LogP contribution is 2.79. The minimum atomic E-state index is -0.804. The van der Waals surface area contributed by atoms with Gasteiger partial charge in [0.25, 0.3) is 0 Å². The van der Waals surface area contributed by atoms with Crippen LogP contribution in [-0.2, 0) is 23.9 Å². The molecular weight excluding hydrogens is 727 g/mol. The fourth-order valence-corrected chi connectivity index (χ4v) is 17.1. The smallest absolute Gasteiger partial charge is 0.309 e. The SMILES string of the molecule is CC1([C@@H]2CC[C@]3(C(=O)N4CCN(CCN5CCOCC5)CC4)CC[C@]4(C)C(CC[C@@H]5[C@@]6(C)CC[C@H](OC(=O)[C@H]7C[C@@H](C(=O)O)C7(C)C)C(C)(C)[C@@H]6CC[C@]54C)[C@@H]23)CC1. The molecule has 12 atom stereocenters. The van der Waals surface area contributed by atoms with E-state index in [9.17, 15) is 14.7 Å². The van der Waals surface area contributed by atoms with E-state index in [-0.39, 0.29) is 45.1 Å². The van der Waals surface area contributed by atoms with Crippen molar-refractivity contribution in [1.29, 1.82) is 0 Å². The molecule has 7 saturated carbocycles. The van der Waals surface area contributed by atoms with E-state index in [1.807, 2.05) is 13.8 Å². The number of rotatable bonds is 8. The van der Waals surface area contributed by atoms with Crippen molar-refractivity contribution in [1.82, 2.24) is 14.7 Å². The third-order valence-corrected chi connectivity index (χ3v) is 21.3. The van der Waals surface area contributed by atoms with Gasteiger partial charge in [0.2, 0.25) is 5.91 Å². The van der Waals surface area contributed by atoms with Crippen LogP contribution in [0.2, 0.25) is 0 Å². The first-order valence-electron chi connectivity index (χ1n) is 24.1. The summed E-state index contributed by atoms with van der Waals surface area (Å²) in [4.78, 5) is 48.3. The zero-order chi connectivity index (χ0) is 41.3. The molecule has 2 saturated heterocycles. The molecule has 0 spiro atoms. The standard InChI is InChI=1S/C49H79N3O6/c1-43(2)34(40(53)54)31-35(43)41(55)58-38-13-14-46(6)36(44(38,3)4)12-15-48(8)37(46)10-9-33-39-32(45(5)17-18-45)11-16-49(39,20-19-47(33,48)7)42(56)52-25-23-50(24-26-52)21-22-51-27-29-57-30-28-51/h32-39H,9-31H2,1-8H3,(H,53,54)/t32-,33?,34+,35-,36+,37-,38+,39-,46+,47-,48-,49+/m1/s1. The highest BCUT2D eigenvalue weighted by molar-refractivity contribution is 5.84. The van der Waals surface area contributed by atoms with E-state index in [1.165, 1.54) is 44.9 Å². The highest BCUT2D eigenvalue weighted by atomic mass is 16.5. The van der Waals surface area contributed by atoms with Crippen LogP contribution < -0.4 is 0 Å². The number of hydrogen-bond acceptors (Lipinski definition) is 7. The number of morpholine rings is 1. The Morgan fingerprint density at radius 2 is 1.31 bits per heavy atom. The average Bonchev–Trinajstić information content (AvgIpc) is 3.80. The summed E-state index contributed by atoms with van der Waals surface area (Å²) in [5.74, 6) is 1.55. The fraction of sp³-hybridized carbons (Fsp3) is 0.939. The highest BCUT2D eigenvalue weighted by Gasteiger charge is 2.74. The lowest BCUT2D eigenvalue weighted by atomic mass is 9.32. The Morgan fingerprint density at radius 3 is 1.95 bits per heavy atom. The maximum Gasteiger partial charge on any atom is 0.309 e. The quantitative estimate of drug-likeness (QED) is 0.247. The molecule has 0 radical (unpaired) electrons. The zero-order valence-corrected chi connectivity index (χ0v) is 37.7. The van der Waals surface area contributed by atoms with Gasteiger partial charge in [0.15, 0.2) is 0 Å². The van der Waals surface area contributed by atoms with Crippen LogP contribution in [0.5, 0.6) is 0 Å². The molecule has 7 aliphatic carbocycles. The monoisotopic (exact) mass is 806 g/mol. The maximum atomic E-state index is 15.3. The van der Waals surface area contributed by atoms with Crippen LogP contribution in [-0.4, -0.2) is 109 Å². The third kappa shape index (κ3) is 6.08. The molecule has 1 amide bonds. The van der Waals surface area contributed by atoms with Crippen LogP contribution in [0, 0.1) is 79.3 Å². The van der Waals surface area contributed by atoms with Gasteiger partial charge in [0.1, 0.15) is 6.10 Å². The Kier molecular flexibility index (Phi) is 10.2. The largest absolute Gasteiger partial charge is 0.481 e. The van der Waals surface area contributed by atoms with Gasteiger partial charge < -0.3 is 19.5 Å². The number of aliphatic carboxylic acids is 1. The van der Waals surface area contributed by atoms with E-state index in [2.05, 4.69) is 56.2 Å². The van der Waals surface area contributed by atoms with Gasteiger partial charge in [-0.05, 0) is 140 Å². The van der Waals surface area contributed by atoms with Crippen molar-refractivity contribution in [3.8, 4) is 0 Å². The molecule has 9 fully saturated rings. The number of ether oxygens (including phenoxy) is 2. The summed E-state index contributed by atoms with van der Waals surface area (Å²) in [5.41, 5.74) is 0.0700. The number of carbonyl (C=O) groups excluding carboxylic acids is 2. The lowest BCUT2D eigenvalue weighted by Crippen LogP contribution is -2.68. The molecule has 326 valence electrons. The number of esters is 1. The molecule has 1 N–H and O–H groups in total. The van der Waals surface area contributed by atoms with Crippen LogP contribution in [0.25, 0.3) is 0 Å². The molecule has 9 aliphatic rings. The van der Waals surface area contributed by atoms with Gasteiger partial charge in [0.05, 0.1) is 30.5 Å².